The van der Waals surface area contributed by atoms with Gasteiger partial charge in [-0.3, -0.25) is 4.98 Å². The van der Waals surface area contributed by atoms with Crippen molar-refractivity contribution in [3.63, 3.8) is 0 Å². The van der Waals surface area contributed by atoms with E-state index in [2.05, 4.69) is 24.9 Å². The fraction of sp³-hybridized carbons (Fsp3) is 0.294. The number of rotatable bonds is 3. The third kappa shape index (κ3) is 2.50. The van der Waals surface area contributed by atoms with Gasteiger partial charge in [0, 0.05) is 17.5 Å². The Morgan fingerprint density at radius 1 is 1.30 bits per heavy atom. The van der Waals surface area contributed by atoms with Crippen LogP contribution in [0.15, 0.2) is 30.5 Å². The summed E-state index contributed by atoms with van der Waals surface area (Å²) >= 11 is 0. The van der Waals surface area contributed by atoms with Crippen molar-refractivity contribution in [1.82, 2.24) is 4.98 Å². The van der Waals surface area contributed by atoms with Crippen LogP contribution in [-0.4, -0.2) is 12.1 Å². The highest BCUT2D eigenvalue weighted by molar-refractivity contribution is 5.79. The number of pyridine rings is 1. The highest BCUT2D eigenvalue weighted by Crippen LogP contribution is 2.37. The van der Waals surface area contributed by atoms with E-state index in [1.165, 1.54) is 0 Å². The normalized spacial score (nSPS) is 10.4. The largest absolute Gasteiger partial charge is 0.496 e. The molecule has 0 fully saturated rings. The van der Waals surface area contributed by atoms with E-state index in [1.54, 1.807) is 7.11 Å². The van der Waals surface area contributed by atoms with Crippen molar-refractivity contribution in [3.05, 3.63) is 47.3 Å². The zero-order valence-electron chi connectivity index (χ0n) is 12.3. The Hall–Kier alpha value is -2.34. The van der Waals surface area contributed by atoms with Gasteiger partial charge in [0.25, 0.3) is 0 Å². The first kappa shape index (κ1) is 14.1. The number of hydrogen-bond donors (Lipinski definition) is 0. The van der Waals surface area contributed by atoms with Gasteiger partial charge >= 0.3 is 0 Å². The van der Waals surface area contributed by atoms with Crippen LogP contribution in [0.3, 0.4) is 0 Å². The number of methoxy groups -OCH3 is 1. The molecule has 0 saturated carbocycles. The van der Waals surface area contributed by atoms with Gasteiger partial charge in [0.1, 0.15) is 5.75 Å². The van der Waals surface area contributed by atoms with E-state index in [0.717, 1.165) is 28.1 Å². The molecule has 0 saturated heterocycles. The summed E-state index contributed by atoms with van der Waals surface area (Å²) in [6.45, 7) is 6.20. The molecule has 0 radical (unpaired) electrons. The third-order valence-electron chi connectivity index (χ3n) is 3.33. The second-order valence-electron chi connectivity index (χ2n) is 5.06. The van der Waals surface area contributed by atoms with E-state index in [1.807, 2.05) is 37.4 Å². The lowest BCUT2D eigenvalue weighted by molar-refractivity contribution is 0.416. The fourth-order valence-corrected chi connectivity index (χ4v) is 2.32. The monoisotopic (exact) mass is 266 g/mol. The topological polar surface area (TPSA) is 45.9 Å². The summed E-state index contributed by atoms with van der Waals surface area (Å²) in [5.41, 5.74) is 4.56. The zero-order valence-corrected chi connectivity index (χ0v) is 12.3. The summed E-state index contributed by atoms with van der Waals surface area (Å²) in [5.74, 6) is 1.05. The maximum Gasteiger partial charge on any atom is 0.128 e. The van der Waals surface area contributed by atoms with E-state index in [4.69, 9.17) is 4.74 Å². The van der Waals surface area contributed by atoms with Gasteiger partial charge in [-0.1, -0.05) is 19.9 Å². The lowest BCUT2D eigenvalue weighted by Gasteiger charge is -2.17. The SMILES string of the molecule is COc1cccc(C#N)c1-c1cc(C)ncc1C(C)C. The summed E-state index contributed by atoms with van der Waals surface area (Å²) in [6.07, 6.45) is 1.89. The minimum atomic E-state index is 0.328. The van der Waals surface area contributed by atoms with Crippen molar-refractivity contribution >= 4 is 0 Å². The van der Waals surface area contributed by atoms with Crippen LogP contribution in [0, 0.1) is 18.3 Å². The van der Waals surface area contributed by atoms with Crippen molar-refractivity contribution in [1.29, 1.82) is 5.26 Å². The van der Waals surface area contributed by atoms with Crippen LogP contribution in [-0.2, 0) is 0 Å². The van der Waals surface area contributed by atoms with Gasteiger partial charge in [-0.25, -0.2) is 0 Å². The molecule has 1 heterocycles. The molecule has 0 unspecified atom stereocenters. The van der Waals surface area contributed by atoms with Crippen LogP contribution in [0.4, 0.5) is 0 Å². The average molecular weight is 266 g/mol. The molecule has 2 rings (SSSR count). The van der Waals surface area contributed by atoms with Gasteiger partial charge in [0.15, 0.2) is 0 Å². The molecule has 0 atom stereocenters. The second kappa shape index (κ2) is 5.75. The number of aromatic nitrogens is 1. The average Bonchev–Trinajstić information content (AvgIpc) is 2.45. The number of ether oxygens (including phenoxy) is 1. The molecule has 2 aromatic rings. The van der Waals surface area contributed by atoms with Crippen LogP contribution in [0.2, 0.25) is 0 Å². The first-order valence-corrected chi connectivity index (χ1v) is 6.62. The van der Waals surface area contributed by atoms with E-state index < -0.39 is 0 Å². The molecular formula is C17H18N2O. The van der Waals surface area contributed by atoms with Gasteiger partial charge in [-0.2, -0.15) is 5.26 Å². The minimum absolute atomic E-state index is 0.328. The van der Waals surface area contributed by atoms with Crippen LogP contribution in [0.25, 0.3) is 11.1 Å². The van der Waals surface area contributed by atoms with E-state index in [-0.39, 0.29) is 0 Å². The first-order chi connectivity index (χ1) is 9.58. The van der Waals surface area contributed by atoms with Crippen LogP contribution in [0.5, 0.6) is 5.75 Å². The number of benzene rings is 1. The van der Waals surface area contributed by atoms with E-state index in [0.29, 0.717) is 11.5 Å². The predicted molar refractivity (Wildman–Crippen MR) is 79.8 cm³/mol. The first-order valence-electron chi connectivity index (χ1n) is 6.62. The van der Waals surface area contributed by atoms with Gasteiger partial charge in [0.05, 0.1) is 18.7 Å². The molecule has 0 aliphatic carbocycles. The number of nitrogens with zero attached hydrogens (tertiary/aromatic N) is 2. The maximum atomic E-state index is 9.38. The third-order valence-corrected chi connectivity index (χ3v) is 3.33. The molecule has 0 bridgehead atoms. The van der Waals surface area contributed by atoms with E-state index in [9.17, 15) is 5.26 Å². The number of aryl methyl sites for hydroxylation is 1. The summed E-state index contributed by atoms with van der Waals surface area (Å²) in [4.78, 5) is 4.37. The van der Waals surface area contributed by atoms with Gasteiger partial charge in [-0.05, 0) is 42.2 Å². The van der Waals surface area contributed by atoms with Crippen molar-refractivity contribution in [3.8, 4) is 22.9 Å². The number of hydrogen-bond acceptors (Lipinski definition) is 3. The predicted octanol–water partition coefficient (Wildman–Crippen LogP) is 4.06. The summed E-state index contributed by atoms with van der Waals surface area (Å²) in [6, 6.07) is 9.82. The molecule has 0 aliphatic rings. The van der Waals surface area contributed by atoms with Crippen molar-refractivity contribution in [2.45, 2.75) is 26.7 Å². The maximum absolute atomic E-state index is 9.38. The van der Waals surface area contributed by atoms with Crippen LogP contribution < -0.4 is 4.74 Å². The van der Waals surface area contributed by atoms with Gasteiger partial charge < -0.3 is 4.74 Å². The highest BCUT2D eigenvalue weighted by atomic mass is 16.5. The molecule has 0 aliphatic heterocycles. The Morgan fingerprint density at radius 3 is 2.65 bits per heavy atom. The van der Waals surface area contributed by atoms with Crippen molar-refractivity contribution < 1.29 is 4.74 Å². The summed E-state index contributed by atoms with van der Waals surface area (Å²) in [5, 5.41) is 9.38. The Morgan fingerprint density at radius 2 is 2.05 bits per heavy atom. The standard InChI is InChI=1S/C17H18N2O/c1-11(2)15-10-19-12(3)8-14(15)17-13(9-18)6-5-7-16(17)20-4/h5-8,10-11H,1-4H3. The lowest BCUT2D eigenvalue weighted by atomic mass is 9.91. The Kier molecular flexibility index (Phi) is 4.05. The highest BCUT2D eigenvalue weighted by Gasteiger charge is 2.17. The molecule has 102 valence electrons. The Labute approximate surface area is 119 Å². The smallest absolute Gasteiger partial charge is 0.128 e. The lowest BCUT2D eigenvalue weighted by Crippen LogP contribution is -1.99. The molecule has 3 nitrogen and oxygen atoms in total. The quantitative estimate of drug-likeness (QED) is 0.841. The van der Waals surface area contributed by atoms with Crippen molar-refractivity contribution in [2.24, 2.45) is 0 Å². The molecule has 20 heavy (non-hydrogen) atoms. The molecule has 0 amide bonds. The molecule has 0 N–H and O–H groups in total. The molecule has 3 heteroatoms. The van der Waals surface area contributed by atoms with Gasteiger partial charge in [0.2, 0.25) is 0 Å². The molecule has 0 spiro atoms. The van der Waals surface area contributed by atoms with E-state index >= 15 is 0 Å². The molecular weight excluding hydrogens is 248 g/mol. The fourth-order valence-electron chi connectivity index (χ4n) is 2.32. The summed E-state index contributed by atoms with van der Waals surface area (Å²) < 4.78 is 5.45. The molecule has 1 aromatic heterocycles. The van der Waals surface area contributed by atoms with Crippen molar-refractivity contribution in [2.75, 3.05) is 7.11 Å². The number of nitriles is 1. The Balaban J connectivity index is 2.80. The molecule has 1 aromatic carbocycles. The minimum Gasteiger partial charge on any atom is -0.496 e. The second-order valence-corrected chi connectivity index (χ2v) is 5.06. The van der Waals surface area contributed by atoms with Crippen LogP contribution >= 0.6 is 0 Å². The Bertz CT molecular complexity index is 669. The zero-order chi connectivity index (χ0) is 14.7. The summed E-state index contributed by atoms with van der Waals surface area (Å²) in [7, 11) is 1.63. The van der Waals surface area contributed by atoms with Crippen LogP contribution in [0.1, 0.15) is 36.6 Å². The van der Waals surface area contributed by atoms with Gasteiger partial charge in [-0.15, -0.1) is 0 Å².